The summed E-state index contributed by atoms with van der Waals surface area (Å²) in [4.78, 5) is 26.5. The van der Waals surface area contributed by atoms with Gasteiger partial charge in [0.15, 0.2) is 0 Å². The summed E-state index contributed by atoms with van der Waals surface area (Å²) < 4.78 is 5.79. The van der Waals surface area contributed by atoms with E-state index in [2.05, 4.69) is 25.6 Å². The largest absolute Gasteiger partial charge is 0.373 e. The van der Waals surface area contributed by atoms with Crippen molar-refractivity contribution >= 4 is 17.7 Å². The van der Waals surface area contributed by atoms with Gasteiger partial charge in [-0.3, -0.25) is 4.98 Å². The second kappa shape index (κ2) is 7.89. The van der Waals surface area contributed by atoms with Crippen molar-refractivity contribution in [2.45, 2.75) is 25.0 Å². The van der Waals surface area contributed by atoms with Crippen LogP contribution in [0.3, 0.4) is 0 Å². The zero-order valence-corrected chi connectivity index (χ0v) is 14.3. The Labute approximate surface area is 146 Å². The highest BCUT2D eigenvalue weighted by Crippen LogP contribution is 2.27. The van der Waals surface area contributed by atoms with Crippen molar-refractivity contribution in [3.63, 3.8) is 0 Å². The molecule has 2 aromatic rings. The second-order valence-corrected chi connectivity index (χ2v) is 6.13. The standard InChI is InChI=1S/C17H22N6O2/c1-23(2)16-19-10-14(11-20-16)22-17(24)21-13-5-7-25-15(8-13)12-4-3-6-18-9-12/h3-4,6,9-11,13,15H,5,7-8H2,1-2H3,(H2,21,22,24). The number of hydrogen-bond acceptors (Lipinski definition) is 6. The minimum Gasteiger partial charge on any atom is -0.373 e. The van der Waals surface area contributed by atoms with E-state index in [0.717, 1.165) is 18.4 Å². The Balaban J connectivity index is 1.53. The number of hydrogen-bond donors (Lipinski definition) is 2. The number of carbonyl (C=O) groups is 1. The third-order valence-electron chi connectivity index (χ3n) is 3.97. The molecule has 3 heterocycles. The first-order chi connectivity index (χ1) is 12.1. The lowest BCUT2D eigenvalue weighted by Gasteiger charge is -2.30. The first-order valence-corrected chi connectivity index (χ1v) is 8.20. The van der Waals surface area contributed by atoms with Crippen molar-refractivity contribution in [3.8, 4) is 0 Å². The van der Waals surface area contributed by atoms with E-state index in [1.165, 1.54) is 0 Å². The number of pyridine rings is 1. The van der Waals surface area contributed by atoms with Crippen molar-refractivity contribution in [2.24, 2.45) is 0 Å². The van der Waals surface area contributed by atoms with Crippen LogP contribution in [0.1, 0.15) is 24.5 Å². The Morgan fingerprint density at radius 2 is 2.08 bits per heavy atom. The number of nitrogens with zero attached hydrogens (tertiary/aromatic N) is 4. The molecule has 0 aromatic carbocycles. The monoisotopic (exact) mass is 342 g/mol. The highest BCUT2D eigenvalue weighted by molar-refractivity contribution is 5.89. The Kier molecular flexibility index (Phi) is 5.39. The van der Waals surface area contributed by atoms with Crippen molar-refractivity contribution in [1.82, 2.24) is 20.3 Å². The summed E-state index contributed by atoms with van der Waals surface area (Å²) in [6.07, 6.45) is 8.16. The molecule has 132 valence electrons. The van der Waals surface area contributed by atoms with Gasteiger partial charge in [-0.2, -0.15) is 0 Å². The van der Waals surface area contributed by atoms with E-state index >= 15 is 0 Å². The fourth-order valence-corrected chi connectivity index (χ4v) is 2.70. The number of aromatic nitrogens is 3. The van der Waals surface area contributed by atoms with Gasteiger partial charge < -0.3 is 20.3 Å². The van der Waals surface area contributed by atoms with Gasteiger partial charge in [-0.05, 0) is 24.5 Å². The van der Waals surface area contributed by atoms with Crippen LogP contribution >= 0.6 is 0 Å². The number of anilines is 2. The van der Waals surface area contributed by atoms with Crippen LogP contribution in [0.5, 0.6) is 0 Å². The van der Waals surface area contributed by atoms with Gasteiger partial charge in [0, 0.05) is 39.1 Å². The maximum atomic E-state index is 12.2. The highest BCUT2D eigenvalue weighted by atomic mass is 16.5. The molecule has 8 nitrogen and oxygen atoms in total. The number of rotatable bonds is 4. The quantitative estimate of drug-likeness (QED) is 0.883. The minimum atomic E-state index is -0.266. The summed E-state index contributed by atoms with van der Waals surface area (Å²) in [5, 5.41) is 5.75. The predicted octanol–water partition coefficient (Wildman–Crippen LogP) is 1.98. The van der Waals surface area contributed by atoms with E-state index in [0.29, 0.717) is 18.2 Å². The van der Waals surface area contributed by atoms with Crippen LogP contribution in [0.25, 0.3) is 0 Å². The normalized spacial score (nSPS) is 19.9. The fourth-order valence-electron chi connectivity index (χ4n) is 2.70. The van der Waals surface area contributed by atoms with E-state index in [1.54, 1.807) is 29.7 Å². The maximum absolute atomic E-state index is 12.2. The molecule has 8 heteroatoms. The molecule has 1 saturated heterocycles. The van der Waals surface area contributed by atoms with E-state index in [9.17, 15) is 4.79 Å². The van der Waals surface area contributed by atoms with Crippen molar-refractivity contribution in [2.75, 3.05) is 30.9 Å². The lowest BCUT2D eigenvalue weighted by molar-refractivity contribution is 0.00235. The van der Waals surface area contributed by atoms with Crippen LogP contribution in [-0.4, -0.2) is 47.7 Å². The molecule has 2 unspecified atom stereocenters. The van der Waals surface area contributed by atoms with Crippen molar-refractivity contribution < 1.29 is 9.53 Å². The van der Waals surface area contributed by atoms with E-state index in [-0.39, 0.29) is 18.2 Å². The summed E-state index contributed by atoms with van der Waals surface area (Å²) >= 11 is 0. The molecule has 1 aliphatic heterocycles. The molecule has 1 fully saturated rings. The van der Waals surface area contributed by atoms with Gasteiger partial charge >= 0.3 is 6.03 Å². The number of amides is 2. The zero-order chi connectivity index (χ0) is 17.6. The Morgan fingerprint density at radius 1 is 1.28 bits per heavy atom. The van der Waals surface area contributed by atoms with E-state index < -0.39 is 0 Å². The summed E-state index contributed by atoms with van der Waals surface area (Å²) in [6, 6.07) is 3.66. The summed E-state index contributed by atoms with van der Waals surface area (Å²) in [7, 11) is 3.72. The van der Waals surface area contributed by atoms with Crippen LogP contribution in [0.4, 0.5) is 16.4 Å². The number of nitrogens with one attached hydrogen (secondary N) is 2. The number of ether oxygens (including phenoxy) is 1. The average molecular weight is 342 g/mol. The van der Waals surface area contributed by atoms with Gasteiger partial charge in [-0.1, -0.05) is 6.07 Å². The molecule has 0 saturated carbocycles. The van der Waals surface area contributed by atoms with Gasteiger partial charge in [0.05, 0.1) is 24.2 Å². The van der Waals surface area contributed by atoms with E-state index in [4.69, 9.17) is 4.74 Å². The van der Waals surface area contributed by atoms with Crippen LogP contribution in [0, 0.1) is 0 Å². The molecule has 2 aromatic heterocycles. The van der Waals surface area contributed by atoms with Crippen LogP contribution in [0.2, 0.25) is 0 Å². The molecule has 25 heavy (non-hydrogen) atoms. The van der Waals surface area contributed by atoms with Gasteiger partial charge in [0.25, 0.3) is 0 Å². The molecule has 0 bridgehead atoms. The van der Waals surface area contributed by atoms with Crippen LogP contribution < -0.4 is 15.5 Å². The minimum absolute atomic E-state index is 0.0425. The molecular weight excluding hydrogens is 320 g/mol. The van der Waals surface area contributed by atoms with Gasteiger partial charge in [0.1, 0.15) is 0 Å². The third kappa shape index (κ3) is 4.63. The molecule has 0 aliphatic carbocycles. The van der Waals surface area contributed by atoms with Gasteiger partial charge in [0.2, 0.25) is 5.95 Å². The predicted molar refractivity (Wildman–Crippen MR) is 94.5 cm³/mol. The van der Waals surface area contributed by atoms with Gasteiger partial charge in [-0.15, -0.1) is 0 Å². The third-order valence-corrected chi connectivity index (χ3v) is 3.97. The number of carbonyl (C=O) groups excluding carboxylic acids is 1. The molecular formula is C17H22N6O2. The number of urea groups is 1. The van der Waals surface area contributed by atoms with Crippen molar-refractivity contribution in [1.29, 1.82) is 0 Å². The Hall–Kier alpha value is -2.74. The lowest BCUT2D eigenvalue weighted by Crippen LogP contribution is -2.42. The molecule has 2 atom stereocenters. The van der Waals surface area contributed by atoms with Crippen molar-refractivity contribution in [3.05, 3.63) is 42.5 Å². The van der Waals surface area contributed by atoms with E-state index in [1.807, 2.05) is 26.2 Å². The molecule has 2 N–H and O–H groups in total. The second-order valence-electron chi connectivity index (χ2n) is 6.13. The topological polar surface area (TPSA) is 92.3 Å². The molecule has 1 aliphatic rings. The SMILES string of the molecule is CN(C)c1ncc(NC(=O)NC2CCOC(c3cccnc3)C2)cn1. The molecule has 0 radical (unpaired) electrons. The fraction of sp³-hybridized carbons (Fsp3) is 0.412. The first-order valence-electron chi connectivity index (χ1n) is 8.20. The average Bonchev–Trinajstić information content (AvgIpc) is 2.63. The molecule has 0 spiro atoms. The first kappa shape index (κ1) is 17.1. The zero-order valence-electron chi connectivity index (χ0n) is 14.3. The van der Waals surface area contributed by atoms with Crippen LogP contribution in [-0.2, 0) is 4.74 Å². The summed E-state index contributed by atoms with van der Waals surface area (Å²) in [6.45, 7) is 0.602. The lowest BCUT2D eigenvalue weighted by atomic mass is 9.99. The molecule has 2 amide bonds. The summed E-state index contributed by atoms with van der Waals surface area (Å²) in [5.74, 6) is 0.592. The molecule has 3 rings (SSSR count). The van der Waals surface area contributed by atoms with Crippen LogP contribution in [0.15, 0.2) is 36.9 Å². The maximum Gasteiger partial charge on any atom is 0.319 e. The Morgan fingerprint density at radius 3 is 2.76 bits per heavy atom. The smallest absolute Gasteiger partial charge is 0.319 e. The summed E-state index contributed by atoms with van der Waals surface area (Å²) in [5.41, 5.74) is 1.58. The van der Waals surface area contributed by atoms with Gasteiger partial charge in [-0.25, -0.2) is 14.8 Å². The Bertz CT molecular complexity index is 692. The highest BCUT2D eigenvalue weighted by Gasteiger charge is 2.25.